The van der Waals surface area contributed by atoms with Crippen LogP contribution in [-0.2, 0) is 0 Å². The Morgan fingerprint density at radius 1 is 1.50 bits per heavy atom. The number of carbonyl (C=O) groups is 1. The average Bonchev–Trinajstić information content (AvgIpc) is 2.01. The third kappa shape index (κ3) is 3.05. The molecule has 0 unspecified atom stereocenters. The van der Waals surface area contributed by atoms with E-state index < -0.39 is 5.97 Å². The van der Waals surface area contributed by atoms with Crippen molar-refractivity contribution in [3.8, 4) is 0 Å². The van der Waals surface area contributed by atoms with Crippen LogP contribution in [0.4, 0.5) is 5.82 Å². The molecule has 14 heavy (non-hydrogen) atoms. The summed E-state index contributed by atoms with van der Waals surface area (Å²) >= 11 is 0. The van der Waals surface area contributed by atoms with Gasteiger partial charge < -0.3 is 10.4 Å². The van der Waals surface area contributed by atoms with Crippen molar-refractivity contribution in [2.75, 3.05) is 5.32 Å². The highest BCUT2D eigenvalue weighted by Crippen LogP contribution is 2.12. The third-order valence-electron chi connectivity index (χ3n) is 1.51. The predicted octanol–water partition coefficient (Wildman–Crippen LogP) is 1.99. The molecule has 0 fully saturated rings. The van der Waals surface area contributed by atoms with Gasteiger partial charge in [-0.2, -0.15) is 0 Å². The fraction of sp³-hybridized carbons (Fsp3) is 0.400. The van der Waals surface area contributed by atoms with Gasteiger partial charge in [-0.3, -0.25) is 0 Å². The lowest BCUT2D eigenvalue weighted by Gasteiger charge is -2.21. The van der Waals surface area contributed by atoms with Crippen LogP contribution in [0.15, 0.2) is 18.3 Å². The number of aromatic nitrogens is 1. The highest BCUT2D eigenvalue weighted by atomic mass is 16.4. The molecular weight excluding hydrogens is 180 g/mol. The molecule has 1 rings (SSSR count). The summed E-state index contributed by atoms with van der Waals surface area (Å²) in [7, 11) is 0. The minimum atomic E-state index is -0.940. The second-order valence-electron chi connectivity index (χ2n) is 4.11. The van der Waals surface area contributed by atoms with Gasteiger partial charge in [-0.25, -0.2) is 9.78 Å². The molecule has 1 aromatic heterocycles. The fourth-order valence-electron chi connectivity index (χ4n) is 1.02. The molecule has 1 aromatic rings. The monoisotopic (exact) mass is 194 g/mol. The summed E-state index contributed by atoms with van der Waals surface area (Å²) in [6.07, 6.45) is 1.48. The van der Waals surface area contributed by atoms with Crippen molar-refractivity contribution in [3.05, 3.63) is 23.9 Å². The molecule has 0 amide bonds. The summed E-state index contributed by atoms with van der Waals surface area (Å²) < 4.78 is 0. The Kier molecular flexibility index (Phi) is 2.74. The number of hydrogen-bond donors (Lipinski definition) is 2. The van der Waals surface area contributed by atoms with Gasteiger partial charge in [-0.05, 0) is 32.9 Å². The lowest BCUT2D eigenvalue weighted by Crippen LogP contribution is -2.26. The van der Waals surface area contributed by atoms with E-state index in [1.165, 1.54) is 18.3 Å². The van der Waals surface area contributed by atoms with E-state index in [0.717, 1.165) is 0 Å². The van der Waals surface area contributed by atoms with E-state index in [-0.39, 0.29) is 11.1 Å². The molecule has 1 heterocycles. The van der Waals surface area contributed by atoms with Crippen LogP contribution < -0.4 is 5.32 Å². The zero-order chi connectivity index (χ0) is 10.8. The number of nitrogens with zero attached hydrogens (tertiary/aromatic N) is 1. The second-order valence-corrected chi connectivity index (χ2v) is 4.11. The van der Waals surface area contributed by atoms with Crippen molar-refractivity contribution in [3.63, 3.8) is 0 Å². The first-order valence-corrected chi connectivity index (χ1v) is 4.36. The Balaban J connectivity index is 2.89. The Morgan fingerprint density at radius 2 is 2.14 bits per heavy atom. The van der Waals surface area contributed by atoms with Crippen molar-refractivity contribution in [1.82, 2.24) is 4.98 Å². The molecule has 0 aliphatic heterocycles. The lowest BCUT2D eigenvalue weighted by molar-refractivity contribution is 0.0697. The maximum atomic E-state index is 10.7. The minimum Gasteiger partial charge on any atom is -0.478 e. The van der Waals surface area contributed by atoms with Crippen LogP contribution in [0.5, 0.6) is 0 Å². The Labute approximate surface area is 83.0 Å². The molecule has 76 valence electrons. The van der Waals surface area contributed by atoms with E-state index in [1.54, 1.807) is 0 Å². The van der Waals surface area contributed by atoms with Crippen molar-refractivity contribution in [1.29, 1.82) is 0 Å². The van der Waals surface area contributed by atoms with Crippen LogP contribution in [-0.4, -0.2) is 21.6 Å². The highest BCUT2D eigenvalue weighted by Gasteiger charge is 2.11. The molecule has 0 saturated carbocycles. The first-order chi connectivity index (χ1) is 6.38. The predicted molar refractivity (Wildman–Crippen MR) is 54.6 cm³/mol. The summed E-state index contributed by atoms with van der Waals surface area (Å²) in [5, 5.41) is 11.9. The van der Waals surface area contributed by atoms with E-state index in [9.17, 15) is 4.79 Å². The molecule has 0 aromatic carbocycles. The molecule has 0 saturated heterocycles. The normalized spacial score (nSPS) is 11.1. The van der Waals surface area contributed by atoms with Gasteiger partial charge in [0.15, 0.2) is 0 Å². The number of carboxylic acids is 1. The number of nitrogens with one attached hydrogen (secondary N) is 1. The van der Waals surface area contributed by atoms with Gasteiger partial charge in [-0.1, -0.05) is 0 Å². The Morgan fingerprint density at radius 3 is 2.64 bits per heavy atom. The van der Waals surface area contributed by atoms with E-state index in [4.69, 9.17) is 5.11 Å². The zero-order valence-corrected chi connectivity index (χ0v) is 8.53. The van der Waals surface area contributed by atoms with Gasteiger partial charge in [0, 0.05) is 11.7 Å². The maximum Gasteiger partial charge on any atom is 0.335 e. The molecular formula is C10H14N2O2. The van der Waals surface area contributed by atoms with Gasteiger partial charge in [0.1, 0.15) is 5.82 Å². The first kappa shape index (κ1) is 10.5. The van der Waals surface area contributed by atoms with Gasteiger partial charge in [-0.15, -0.1) is 0 Å². The standard InChI is InChI=1S/C10H14N2O2/c1-10(2,3)12-8-6-7(9(13)14)4-5-11-8/h4-6H,1-3H3,(H,11,12)(H,13,14). The number of aromatic carboxylic acids is 1. The topological polar surface area (TPSA) is 62.2 Å². The summed E-state index contributed by atoms with van der Waals surface area (Å²) in [6.45, 7) is 5.96. The van der Waals surface area contributed by atoms with Gasteiger partial charge in [0.2, 0.25) is 0 Å². The van der Waals surface area contributed by atoms with Gasteiger partial charge >= 0.3 is 5.97 Å². The molecule has 4 nitrogen and oxygen atoms in total. The number of carboxylic acid groups (broad SMARTS) is 1. The van der Waals surface area contributed by atoms with Gasteiger partial charge in [0.25, 0.3) is 0 Å². The summed E-state index contributed by atoms with van der Waals surface area (Å²) in [5.41, 5.74) is 0.121. The summed E-state index contributed by atoms with van der Waals surface area (Å²) in [5.74, 6) is -0.359. The van der Waals surface area contributed by atoms with Crippen molar-refractivity contribution >= 4 is 11.8 Å². The first-order valence-electron chi connectivity index (χ1n) is 4.36. The van der Waals surface area contributed by atoms with Crippen LogP contribution >= 0.6 is 0 Å². The van der Waals surface area contributed by atoms with Crippen molar-refractivity contribution in [2.24, 2.45) is 0 Å². The van der Waals surface area contributed by atoms with Crippen molar-refractivity contribution in [2.45, 2.75) is 26.3 Å². The quantitative estimate of drug-likeness (QED) is 0.755. The number of hydrogen-bond acceptors (Lipinski definition) is 3. The number of anilines is 1. The van der Waals surface area contributed by atoms with Crippen LogP contribution in [0.1, 0.15) is 31.1 Å². The Bertz CT molecular complexity index is 342. The smallest absolute Gasteiger partial charge is 0.335 e. The van der Waals surface area contributed by atoms with E-state index in [1.807, 2.05) is 20.8 Å². The summed E-state index contributed by atoms with van der Waals surface area (Å²) in [4.78, 5) is 14.7. The van der Waals surface area contributed by atoms with Crippen molar-refractivity contribution < 1.29 is 9.90 Å². The SMILES string of the molecule is CC(C)(C)Nc1cc(C(=O)O)ccn1. The molecule has 0 aliphatic carbocycles. The lowest BCUT2D eigenvalue weighted by atomic mass is 10.1. The largest absolute Gasteiger partial charge is 0.478 e. The van der Waals surface area contributed by atoms with E-state index in [2.05, 4.69) is 10.3 Å². The molecule has 0 aliphatic rings. The molecule has 2 N–H and O–H groups in total. The van der Waals surface area contributed by atoms with E-state index in [0.29, 0.717) is 5.82 Å². The number of rotatable bonds is 2. The molecule has 0 atom stereocenters. The van der Waals surface area contributed by atoms with Gasteiger partial charge in [0.05, 0.1) is 5.56 Å². The third-order valence-corrected chi connectivity index (χ3v) is 1.51. The average molecular weight is 194 g/mol. The van der Waals surface area contributed by atoms with Crippen LogP contribution in [0, 0.1) is 0 Å². The second kappa shape index (κ2) is 3.65. The highest BCUT2D eigenvalue weighted by molar-refractivity contribution is 5.88. The number of pyridine rings is 1. The van der Waals surface area contributed by atoms with Crippen LogP contribution in [0.3, 0.4) is 0 Å². The molecule has 0 radical (unpaired) electrons. The minimum absolute atomic E-state index is 0.121. The Hall–Kier alpha value is -1.58. The molecule has 0 spiro atoms. The summed E-state index contributed by atoms with van der Waals surface area (Å²) in [6, 6.07) is 2.99. The van der Waals surface area contributed by atoms with Crippen LogP contribution in [0.2, 0.25) is 0 Å². The van der Waals surface area contributed by atoms with E-state index >= 15 is 0 Å². The maximum absolute atomic E-state index is 10.7. The fourth-order valence-corrected chi connectivity index (χ4v) is 1.02. The zero-order valence-electron chi connectivity index (χ0n) is 8.53. The van der Waals surface area contributed by atoms with Crippen LogP contribution in [0.25, 0.3) is 0 Å². The molecule has 0 bridgehead atoms. The molecule has 4 heteroatoms.